The molecule has 0 heterocycles. The number of hydrogen-bond acceptors (Lipinski definition) is 2. The first-order valence-electron chi connectivity index (χ1n) is 6.84. The molecule has 0 aliphatic heterocycles. The van der Waals surface area contributed by atoms with Gasteiger partial charge in [-0.1, -0.05) is 48.0 Å². The van der Waals surface area contributed by atoms with Gasteiger partial charge in [-0.15, -0.1) is 0 Å². The van der Waals surface area contributed by atoms with Crippen molar-refractivity contribution in [2.45, 2.75) is 19.5 Å². The highest BCUT2D eigenvalue weighted by Gasteiger charge is 2.12. The average Bonchev–Trinajstić information content (AvgIpc) is 2.48. The summed E-state index contributed by atoms with van der Waals surface area (Å²) < 4.78 is 0. The third kappa shape index (κ3) is 3.33. The van der Waals surface area contributed by atoms with Crippen LogP contribution in [0.2, 0.25) is 5.02 Å². The van der Waals surface area contributed by atoms with Gasteiger partial charge in [0, 0.05) is 30.3 Å². The van der Waals surface area contributed by atoms with Crippen molar-refractivity contribution in [3.05, 3.63) is 64.7 Å². The fraction of sp³-hybridized carbons (Fsp3) is 0.294. The van der Waals surface area contributed by atoms with Gasteiger partial charge in [0.15, 0.2) is 0 Å². The van der Waals surface area contributed by atoms with Gasteiger partial charge in [-0.25, -0.2) is 0 Å². The summed E-state index contributed by atoms with van der Waals surface area (Å²) in [5, 5.41) is 4.12. The van der Waals surface area contributed by atoms with Crippen LogP contribution in [-0.2, 0) is 6.54 Å². The highest BCUT2D eigenvalue weighted by atomic mass is 35.5. The molecule has 0 aliphatic rings. The maximum atomic E-state index is 6.25. The summed E-state index contributed by atoms with van der Waals surface area (Å²) in [5.41, 5.74) is 3.67. The van der Waals surface area contributed by atoms with Crippen molar-refractivity contribution in [3.8, 4) is 0 Å². The third-order valence-corrected chi connectivity index (χ3v) is 3.98. The van der Waals surface area contributed by atoms with Gasteiger partial charge in [-0.2, -0.15) is 0 Å². The summed E-state index contributed by atoms with van der Waals surface area (Å²) in [4.78, 5) is 2.24. The monoisotopic (exact) mass is 288 g/mol. The van der Waals surface area contributed by atoms with E-state index in [0.717, 1.165) is 17.1 Å². The molecule has 2 aromatic rings. The lowest BCUT2D eigenvalue weighted by Crippen LogP contribution is -2.21. The molecule has 20 heavy (non-hydrogen) atoms. The molecule has 0 bridgehead atoms. The zero-order chi connectivity index (χ0) is 14.5. The third-order valence-electron chi connectivity index (χ3n) is 3.61. The first kappa shape index (κ1) is 14.9. The first-order chi connectivity index (χ1) is 9.63. The summed E-state index contributed by atoms with van der Waals surface area (Å²) in [6, 6.07) is 16.8. The molecule has 0 fully saturated rings. The van der Waals surface area contributed by atoms with Gasteiger partial charge >= 0.3 is 0 Å². The van der Waals surface area contributed by atoms with Gasteiger partial charge in [0.25, 0.3) is 0 Å². The largest absolute Gasteiger partial charge is 0.370 e. The molecule has 2 nitrogen and oxygen atoms in total. The van der Waals surface area contributed by atoms with Crippen molar-refractivity contribution < 1.29 is 0 Å². The van der Waals surface area contributed by atoms with Gasteiger partial charge in [-0.05, 0) is 37.2 Å². The minimum atomic E-state index is 0.319. The first-order valence-corrected chi connectivity index (χ1v) is 7.22. The number of nitrogens with zero attached hydrogens (tertiary/aromatic N) is 1. The summed E-state index contributed by atoms with van der Waals surface area (Å²) in [7, 11) is 4.08. The van der Waals surface area contributed by atoms with Crippen LogP contribution in [0.25, 0.3) is 0 Å². The van der Waals surface area contributed by atoms with Crippen LogP contribution in [0.15, 0.2) is 48.5 Å². The topological polar surface area (TPSA) is 15.3 Å². The molecule has 0 amide bonds. The molecule has 0 spiro atoms. The summed E-state index contributed by atoms with van der Waals surface area (Å²) in [5.74, 6) is 0. The molecule has 0 radical (unpaired) electrons. The molecule has 1 N–H and O–H groups in total. The maximum Gasteiger partial charge on any atom is 0.0455 e. The Morgan fingerprint density at radius 3 is 2.45 bits per heavy atom. The number of nitrogens with one attached hydrogen (secondary N) is 1. The smallest absolute Gasteiger partial charge is 0.0455 e. The van der Waals surface area contributed by atoms with Crippen LogP contribution in [0, 0.1) is 0 Å². The zero-order valence-electron chi connectivity index (χ0n) is 12.2. The van der Waals surface area contributed by atoms with Crippen LogP contribution >= 0.6 is 11.6 Å². The van der Waals surface area contributed by atoms with Gasteiger partial charge in [0.1, 0.15) is 0 Å². The van der Waals surface area contributed by atoms with E-state index in [-0.39, 0.29) is 0 Å². The van der Waals surface area contributed by atoms with Crippen molar-refractivity contribution in [3.63, 3.8) is 0 Å². The quantitative estimate of drug-likeness (QED) is 0.884. The number of benzene rings is 2. The highest BCUT2D eigenvalue weighted by Crippen LogP contribution is 2.27. The van der Waals surface area contributed by atoms with Gasteiger partial charge < -0.3 is 10.2 Å². The van der Waals surface area contributed by atoms with E-state index < -0.39 is 0 Å². The van der Waals surface area contributed by atoms with Gasteiger partial charge in [0.05, 0.1) is 0 Å². The molecular weight excluding hydrogens is 268 g/mol. The normalized spacial score (nSPS) is 12.2. The van der Waals surface area contributed by atoms with Crippen molar-refractivity contribution in [1.82, 2.24) is 5.32 Å². The molecule has 0 aliphatic carbocycles. The van der Waals surface area contributed by atoms with Gasteiger partial charge in [-0.3, -0.25) is 0 Å². The van der Waals surface area contributed by atoms with E-state index >= 15 is 0 Å². The molecule has 0 aromatic heterocycles. The Kier molecular flexibility index (Phi) is 5.05. The SMILES string of the molecule is CNC(C)c1ccccc1N(C)Cc1ccccc1Cl. The summed E-state index contributed by atoms with van der Waals surface area (Å²) in [6.07, 6.45) is 0. The fourth-order valence-corrected chi connectivity index (χ4v) is 2.52. The second-order valence-electron chi connectivity index (χ2n) is 5.02. The van der Waals surface area contributed by atoms with E-state index in [4.69, 9.17) is 11.6 Å². The van der Waals surface area contributed by atoms with E-state index in [1.54, 1.807) is 0 Å². The van der Waals surface area contributed by atoms with Crippen LogP contribution < -0.4 is 10.2 Å². The second-order valence-corrected chi connectivity index (χ2v) is 5.42. The van der Waals surface area contributed by atoms with Crippen LogP contribution in [-0.4, -0.2) is 14.1 Å². The van der Waals surface area contributed by atoms with Crippen LogP contribution in [0.4, 0.5) is 5.69 Å². The Morgan fingerprint density at radius 1 is 1.10 bits per heavy atom. The number of halogens is 1. The van der Waals surface area contributed by atoms with Crippen molar-refractivity contribution >= 4 is 17.3 Å². The van der Waals surface area contributed by atoms with E-state index in [1.165, 1.54) is 11.3 Å². The maximum absolute atomic E-state index is 6.25. The van der Waals surface area contributed by atoms with Crippen LogP contribution in [0.1, 0.15) is 24.1 Å². The van der Waals surface area contributed by atoms with E-state index in [2.05, 4.69) is 54.5 Å². The Hall–Kier alpha value is -1.51. The highest BCUT2D eigenvalue weighted by molar-refractivity contribution is 6.31. The molecule has 1 unspecified atom stereocenters. The summed E-state index contributed by atoms with van der Waals surface area (Å²) in [6.45, 7) is 2.97. The second kappa shape index (κ2) is 6.78. The van der Waals surface area contributed by atoms with E-state index in [0.29, 0.717) is 6.04 Å². The Labute approximate surface area is 126 Å². The Morgan fingerprint density at radius 2 is 1.75 bits per heavy atom. The van der Waals surface area contributed by atoms with Crippen molar-refractivity contribution in [2.75, 3.05) is 19.0 Å². The fourth-order valence-electron chi connectivity index (χ4n) is 2.32. The standard InChI is InChI=1S/C17H21ClN2/c1-13(19-2)15-9-5-7-11-17(15)20(3)12-14-8-4-6-10-16(14)18/h4-11,13,19H,12H2,1-3H3. The minimum absolute atomic E-state index is 0.319. The summed E-state index contributed by atoms with van der Waals surface area (Å²) >= 11 is 6.25. The Bertz CT molecular complexity index is 568. The average molecular weight is 289 g/mol. The molecule has 2 rings (SSSR count). The molecule has 0 saturated carbocycles. The van der Waals surface area contributed by atoms with Gasteiger partial charge in [0.2, 0.25) is 0 Å². The lowest BCUT2D eigenvalue weighted by molar-refractivity contribution is 0.649. The van der Waals surface area contributed by atoms with E-state index in [1.807, 2.05) is 25.2 Å². The van der Waals surface area contributed by atoms with Crippen molar-refractivity contribution in [1.29, 1.82) is 0 Å². The molecular formula is C17H21ClN2. The number of para-hydroxylation sites is 1. The lowest BCUT2D eigenvalue weighted by Gasteiger charge is -2.25. The molecule has 2 aromatic carbocycles. The van der Waals surface area contributed by atoms with E-state index in [9.17, 15) is 0 Å². The number of rotatable bonds is 5. The predicted octanol–water partition coefficient (Wildman–Crippen LogP) is 4.26. The Balaban J connectivity index is 2.26. The van der Waals surface area contributed by atoms with Crippen molar-refractivity contribution in [2.24, 2.45) is 0 Å². The molecule has 106 valence electrons. The lowest BCUT2D eigenvalue weighted by atomic mass is 10.0. The van der Waals surface area contributed by atoms with Crippen LogP contribution in [0.5, 0.6) is 0 Å². The molecule has 1 atom stereocenters. The molecule has 0 saturated heterocycles. The number of anilines is 1. The minimum Gasteiger partial charge on any atom is -0.370 e. The zero-order valence-corrected chi connectivity index (χ0v) is 13.0. The van der Waals surface area contributed by atoms with Crippen LogP contribution in [0.3, 0.4) is 0 Å². The predicted molar refractivity (Wildman–Crippen MR) is 87.5 cm³/mol. The molecule has 3 heteroatoms. The number of hydrogen-bond donors (Lipinski definition) is 1.